The molecule has 112 valence electrons. The van der Waals surface area contributed by atoms with Crippen molar-refractivity contribution in [1.29, 1.82) is 0 Å². The third kappa shape index (κ3) is 6.92. The van der Waals surface area contributed by atoms with E-state index in [2.05, 4.69) is 5.32 Å². The molecule has 0 aromatic carbocycles. The molecule has 2 atom stereocenters. The first kappa shape index (κ1) is 16.4. The molecule has 19 heavy (non-hydrogen) atoms. The molecule has 0 heterocycles. The van der Waals surface area contributed by atoms with E-state index >= 15 is 0 Å². The molecule has 2 unspecified atom stereocenters. The largest absolute Gasteiger partial charge is 0.466 e. The van der Waals surface area contributed by atoms with Crippen molar-refractivity contribution in [3.05, 3.63) is 0 Å². The van der Waals surface area contributed by atoms with Crippen molar-refractivity contribution < 1.29 is 17.9 Å². The van der Waals surface area contributed by atoms with E-state index in [1.807, 2.05) is 6.92 Å². The number of hydrogen-bond acceptors (Lipinski definition) is 5. The molecular weight excluding hydrogens is 266 g/mol. The van der Waals surface area contributed by atoms with Gasteiger partial charge in [-0.3, -0.25) is 4.79 Å². The number of hydrogen-bond donors (Lipinski definition) is 1. The highest BCUT2D eigenvalue weighted by atomic mass is 32.2. The van der Waals surface area contributed by atoms with Crippen LogP contribution in [0.4, 0.5) is 0 Å². The van der Waals surface area contributed by atoms with Crippen LogP contribution in [0.2, 0.25) is 0 Å². The summed E-state index contributed by atoms with van der Waals surface area (Å²) in [6.07, 6.45) is 5.66. The number of nitrogens with one attached hydrogen (secondary N) is 1. The zero-order valence-corrected chi connectivity index (χ0v) is 12.7. The number of sulfone groups is 1. The molecule has 1 aliphatic carbocycles. The van der Waals surface area contributed by atoms with Crippen molar-refractivity contribution in [1.82, 2.24) is 5.32 Å². The Bertz CT molecular complexity index is 380. The summed E-state index contributed by atoms with van der Waals surface area (Å²) in [5.74, 6) is 0.125. The van der Waals surface area contributed by atoms with Gasteiger partial charge in [0.2, 0.25) is 0 Å². The second-order valence-corrected chi connectivity index (χ2v) is 7.51. The predicted molar refractivity (Wildman–Crippen MR) is 74.7 cm³/mol. The second-order valence-electron chi connectivity index (χ2n) is 5.25. The Kier molecular flexibility index (Phi) is 6.79. The topological polar surface area (TPSA) is 72.5 Å². The van der Waals surface area contributed by atoms with Gasteiger partial charge in [-0.25, -0.2) is 8.42 Å². The van der Waals surface area contributed by atoms with Gasteiger partial charge in [0.15, 0.2) is 0 Å². The van der Waals surface area contributed by atoms with Gasteiger partial charge in [-0.15, -0.1) is 0 Å². The van der Waals surface area contributed by atoms with Gasteiger partial charge in [0.05, 0.1) is 18.3 Å². The van der Waals surface area contributed by atoms with Crippen LogP contribution in [0, 0.1) is 5.92 Å². The summed E-state index contributed by atoms with van der Waals surface area (Å²) in [7, 11) is -2.87. The number of ether oxygens (including phenoxy) is 1. The maximum Gasteiger partial charge on any atom is 0.308 e. The van der Waals surface area contributed by atoms with Gasteiger partial charge in [0.1, 0.15) is 9.84 Å². The zero-order valence-electron chi connectivity index (χ0n) is 11.9. The molecule has 1 aliphatic rings. The summed E-state index contributed by atoms with van der Waals surface area (Å²) in [6, 6.07) is 0.308. The molecule has 1 rings (SSSR count). The Hall–Kier alpha value is -0.620. The van der Waals surface area contributed by atoms with E-state index in [9.17, 15) is 13.2 Å². The number of esters is 1. The van der Waals surface area contributed by atoms with E-state index in [1.165, 1.54) is 6.26 Å². The Morgan fingerprint density at radius 1 is 1.37 bits per heavy atom. The molecule has 5 nitrogen and oxygen atoms in total. The predicted octanol–water partition coefficient (Wildman–Crippen LogP) is 1.13. The van der Waals surface area contributed by atoms with Crippen LogP contribution in [0.5, 0.6) is 0 Å². The molecule has 0 saturated heterocycles. The third-order valence-electron chi connectivity index (χ3n) is 3.42. The Balaban J connectivity index is 2.25. The smallest absolute Gasteiger partial charge is 0.308 e. The maximum atomic E-state index is 11.7. The molecule has 0 amide bonds. The minimum Gasteiger partial charge on any atom is -0.466 e. The second kappa shape index (κ2) is 7.85. The van der Waals surface area contributed by atoms with Crippen LogP contribution < -0.4 is 5.32 Å². The van der Waals surface area contributed by atoms with E-state index in [0.717, 1.165) is 25.7 Å². The average Bonchev–Trinajstić information content (AvgIpc) is 2.34. The molecule has 1 saturated carbocycles. The van der Waals surface area contributed by atoms with Crippen LogP contribution in [-0.4, -0.2) is 45.6 Å². The van der Waals surface area contributed by atoms with Gasteiger partial charge in [-0.1, -0.05) is 6.42 Å². The normalized spacial score (nSPS) is 24.1. The van der Waals surface area contributed by atoms with Gasteiger partial charge in [0, 0.05) is 12.3 Å². The van der Waals surface area contributed by atoms with Crippen molar-refractivity contribution in [3.63, 3.8) is 0 Å². The van der Waals surface area contributed by atoms with Crippen LogP contribution >= 0.6 is 0 Å². The lowest BCUT2D eigenvalue weighted by Crippen LogP contribution is -2.37. The fourth-order valence-electron chi connectivity index (χ4n) is 2.49. The molecule has 0 radical (unpaired) electrons. The van der Waals surface area contributed by atoms with Gasteiger partial charge in [-0.2, -0.15) is 0 Å². The fourth-order valence-corrected chi connectivity index (χ4v) is 3.16. The van der Waals surface area contributed by atoms with Crippen molar-refractivity contribution in [2.75, 3.05) is 25.2 Å². The molecular formula is C13H25NO4S. The lowest BCUT2D eigenvalue weighted by atomic mass is 9.85. The van der Waals surface area contributed by atoms with Crippen molar-refractivity contribution in [2.24, 2.45) is 5.92 Å². The first-order chi connectivity index (χ1) is 8.92. The molecule has 6 heteroatoms. The molecule has 0 aromatic heterocycles. The van der Waals surface area contributed by atoms with Crippen molar-refractivity contribution in [3.8, 4) is 0 Å². The highest BCUT2D eigenvalue weighted by molar-refractivity contribution is 7.90. The summed E-state index contributed by atoms with van der Waals surface area (Å²) in [5, 5.41) is 3.35. The zero-order chi connectivity index (χ0) is 14.3. The molecule has 1 N–H and O–H groups in total. The number of carbonyl (C=O) groups excluding carboxylic acids is 1. The van der Waals surface area contributed by atoms with E-state index in [0.29, 0.717) is 25.6 Å². The first-order valence-electron chi connectivity index (χ1n) is 7.00. The maximum absolute atomic E-state index is 11.7. The van der Waals surface area contributed by atoms with Crippen LogP contribution in [0.3, 0.4) is 0 Å². The minimum absolute atomic E-state index is 0.00103. The summed E-state index contributed by atoms with van der Waals surface area (Å²) in [6.45, 7) is 2.94. The standard InChI is InChI=1S/C13H25NO4S/c1-3-18-13(15)11-6-4-7-12(10-11)14-8-5-9-19(2,16)17/h11-12,14H,3-10H2,1-2H3. The molecule has 0 spiro atoms. The first-order valence-corrected chi connectivity index (χ1v) is 9.06. The van der Waals surface area contributed by atoms with Crippen LogP contribution in [0.25, 0.3) is 0 Å². The van der Waals surface area contributed by atoms with Crippen LogP contribution in [0.15, 0.2) is 0 Å². The summed E-state index contributed by atoms with van der Waals surface area (Å²) in [5.41, 5.74) is 0. The number of rotatable bonds is 7. The molecule has 0 aromatic rings. The molecule has 0 bridgehead atoms. The monoisotopic (exact) mass is 291 g/mol. The lowest BCUT2D eigenvalue weighted by molar-refractivity contribution is -0.149. The number of carbonyl (C=O) groups is 1. The lowest BCUT2D eigenvalue weighted by Gasteiger charge is -2.28. The Morgan fingerprint density at radius 3 is 2.74 bits per heavy atom. The Morgan fingerprint density at radius 2 is 2.11 bits per heavy atom. The van der Waals surface area contributed by atoms with Gasteiger partial charge < -0.3 is 10.1 Å². The Labute approximate surface area is 116 Å². The average molecular weight is 291 g/mol. The van der Waals surface area contributed by atoms with E-state index in [1.54, 1.807) is 0 Å². The fraction of sp³-hybridized carbons (Fsp3) is 0.923. The third-order valence-corrected chi connectivity index (χ3v) is 4.45. The summed E-state index contributed by atoms with van der Waals surface area (Å²) < 4.78 is 27.1. The van der Waals surface area contributed by atoms with Crippen LogP contribution in [-0.2, 0) is 19.4 Å². The van der Waals surface area contributed by atoms with Crippen molar-refractivity contribution >= 4 is 15.8 Å². The van der Waals surface area contributed by atoms with Gasteiger partial charge in [0.25, 0.3) is 0 Å². The van der Waals surface area contributed by atoms with Gasteiger partial charge >= 0.3 is 5.97 Å². The van der Waals surface area contributed by atoms with E-state index < -0.39 is 9.84 Å². The van der Waals surface area contributed by atoms with E-state index in [4.69, 9.17) is 4.74 Å². The quantitative estimate of drug-likeness (QED) is 0.562. The summed E-state index contributed by atoms with van der Waals surface area (Å²) >= 11 is 0. The van der Waals surface area contributed by atoms with Crippen LogP contribution in [0.1, 0.15) is 39.0 Å². The minimum atomic E-state index is -2.87. The van der Waals surface area contributed by atoms with E-state index in [-0.39, 0.29) is 17.6 Å². The molecule has 1 fully saturated rings. The van der Waals surface area contributed by atoms with Crippen molar-refractivity contribution in [2.45, 2.75) is 45.1 Å². The SMILES string of the molecule is CCOC(=O)C1CCCC(NCCCS(C)(=O)=O)C1. The highest BCUT2D eigenvalue weighted by Gasteiger charge is 2.27. The van der Waals surface area contributed by atoms with Gasteiger partial charge in [-0.05, 0) is 39.2 Å². The highest BCUT2D eigenvalue weighted by Crippen LogP contribution is 2.25. The molecule has 0 aliphatic heterocycles. The summed E-state index contributed by atoms with van der Waals surface area (Å²) in [4.78, 5) is 11.7.